The van der Waals surface area contributed by atoms with Crippen molar-refractivity contribution in [3.63, 3.8) is 0 Å². The average molecular weight is 334 g/mol. The summed E-state index contributed by atoms with van der Waals surface area (Å²) in [6, 6.07) is 6.39. The van der Waals surface area contributed by atoms with Crippen LogP contribution < -0.4 is 14.8 Å². The molecule has 0 radical (unpaired) electrons. The molecule has 1 heterocycles. The summed E-state index contributed by atoms with van der Waals surface area (Å²) in [6.07, 6.45) is 0. The number of carbonyl (C=O) groups excluding carboxylic acids is 2. The SMILES string of the molecule is COc1cc(OC)cc(C(=O)NCC(=O)OCc2cc(C)on2)c1. The number of carbonyl (C=O) groups is 2. The maximum absolute atomic E-state index is 12.1. The Hall–Kier alpha value is -3.03. The van der Waals surface area contributed by atoms with Gasteiger partial charge in [0, 0.05) is 17.7 Å². The number of benzene rings is 1. The molecule has 0 saturated carbocycles. The highest BCUT2D eigenvalue weighted by Crippen LogP contribution is 2.22. The number of amides is 1. The van der Waals surface area contributed by atoms with Crippen LogP contribution in [0, 0.1) is 6.92 Å². The molecule has 1 aromatic carbocycles. The van der Waals surface area contributed by atoms with Gasteiger partial charge in [0.15, 0.2) is 0 Å². The van der Waals surface area contributed by atoms with Crippen molar-refractivity contribution >= 4 is 11.9 Å². The van der Waals surface area contributed by atoms with Crippen molar-refractivity contribution in [1.29, 1.82) is 0 Å². The van der Waals surface area contributed by atoms with Gasteiger partial charge in [0.1, 0.15) is 36.1 Å². The highest BCUT2D eigenvalue weighted by Gasteiger charge is 2.12. The predicted molar refractivity (Wildman–Crippen MR) is 82.9 cm³/mol. The molecule has 0 atom stereocenters. The van der Waals surface area contributed by atoms with Crippen molar-refractivity contribution in [2.24, 2.45) is 0 Å². The number of aromatic nitrogens is 1. The first-order valence-electron chi connectivity index (χ1n) is 7.11. The molecule has 0 unspecified atom stereocenters. The molecule has 1 N–H and O–H groups in total. The van der Waals surface area contributed by atoms with E-state index in [1.807, 2.05) is 0 Å². The molecule has 2 aromatic rings. The topological polar surface area (TPSA) is 99.9 Å². The zero-order valence-corrected chi connectivity index (χ0v) is 13.6. The van der Waals surface area contributed by atoms with Crippen LogP contribution in [0.1, 0.15) is 21.8 Å². The number of esters is 1. The van der Waals surface area contributed by atoms with Gasteiger partial charge in [-0.25, -0.2) is 0 Å². The summed E-state index contributed by atoms with van der Waals surface area (Å²) in [5.41, 5.74) is 0.816. The second kappa shape index (κ2) is 8.00. The molecule has 0 bridgehead atoms. The van der Waals surface area contributed by atoms with E-state index in [2.05, 4.69) is 10.5 Å². The van der Waals surface area contributed by atoms with E-state index in [1.54, 1.807) is 31.2 Å². The first-order chi connectivity index (χ1) is 11.5. The summed E-state index contributed by atoms with van der Waals surface area (Å²) in [5.74, 6) is 0.550. The quantitative estimate of drug-likeness (QED) is 0.765. The molecular weight excluding hydrogens is 316 g/mol. The molecule has 2 rings (SSSR count). The van der Waals surface area contributed by atoms with Gasteiger partial charge in [0.25, 0.3) is 5.91 Å². The molecule has 1 aromatic heterocycles. The summed E-state index contributed by atoms with van der Waals surface area (Å²) in [7, 11) is 2.97. The van der Waals surface area contributed by atoms with E-state index in [0.29, 0.717) is 28.5 Å². The van der Waals surface area contributed by atoms with Crippen LogP contribution in [0.25, 0.3) is 0 Å². The minimum atomic E-state index is -0.584. The normalized spacial score (nSPS) is 10.1. The zero-order chi connectivity index (χ0) is 17.5. The first-order valence-corrected chi connectivity index (χ1v) is 7.11. The zero-order valence-electron chi connectivity index (χ0n) is 13.6. The van der Waals surface area contributed by atoms with Gasteiger partial charge < -0.3 is 24.1 Å². The van der Waals surface area contributed by atoms with E-state index in [1.165, 1.54) is 14.2 Å². The molecule has 0 aliphatic rings. The van der Waals surface area contributed by atoms with Crippen molar-refractivity contribution < 1.29 is 28.3 Å². The highest BCUT2D eigenvalue weighted by atomic mass is 16.5. The Balaban J connectivity index is 1.87. The van der Waals surface area contributed by atoms with E-state index in [4.69, 9.17) is 18.7 Å². The lowest BCUT2D eigenvalue weighted by Gasteiger charge is -2.09. The summed E-state index contributed by atoms with van der Waals surface area (Å²) in [6.45, 7) is 1.45. The van der Waals surface area contributed by atoms with Crippen molar-refractivity contribution in [3.05, 3.63) is 41.3 Å². The average Bonchev–Trinajstić information content (AvgIpc) is 3.02. The number of hydrogen-bond acceptors (Lipinski definition) is 7. The van der Waals surface area contributed by atoms with Gasteiger partial charge >= 0.3 is 5.97 Å². The fraction of sp³-hybridized carbons (Fsp3) is 0.312. The van der Waals surface area contributed by atoms with Crippen molar-refractivity contribution in [1.82, 2.24) is 10.5 Å². The number of hydrogen-bond donors (Lipinski definition) is 1. The lowest BCUT2D eigenvalue weighted by Crippen LogP contribution is -2.30. The maximum atomic E-state index is 12.1. The van der Waals surface area contributed by atoms with Gasteiger partial charge in [-0.2, -0.15) is 0 Å². The summed E-state index contributed by atoms with van der Waals surface area (Å²) < 4.78 is 20.0. The van der Waals surface area contributed by atoms with Crippen LogP contribution in [0.3, 0.4) is 0 Å². The maximum Gasteiger partial charge on any atom is 0.325 e. The number of ether oxygens (including phenoxy) is 3. The van der Waals surface area contributed by atoms with Crippen LogP contribution in [0.5, 0.6) is 11.5 Å². The standard InChI is InChI=1S/C16H18N2O6/c1-10-4-12(18-24-10)9-23-15(19)8-17-16(20)11-5-13(21-2)7-14(6-11)22-3/h4-7H,8-9H2,1-3H3,(H,17,20). The van der Waals surface area contributed by atoms with Crippen LogP contribution in [-0.2, 0) is 16.1 Å². The summed E-state index contributed by atoms with van der Waals surface area (Å²) in [5, 5.41) is 6.18. The third kappa shape index (κ3) is 4.73. The molecule has 0 aliphatic carbocycles. The molecule has 24 heavy (non-hydrogen) atoms. The number of nitrogens with one attached hydrogen (secondary N) is 1. The van der Waals surface area contributed by atoms with Crippen LogP contribution in [0.2, 0.25) is 0 Å². The number of aryl methyl sites for hydroxylation is 1. The number of rotatable bonds is 7. The molecule has 0 saturated heterocycles. The molecule has 128 valence electrons. The molecule has 8 heteroatoms. The Kier molecular flexibility index (Phi) is 5.78. The van der Waals surface area contributed by atoms with Crippen molar-refractivity contribution in [2.45, 2.75) is 13.5 Å². The van der Waals surface area contributed by atoms with E-state index in [0.717, 1.165) is 0 Å². The van der Waals surface area contributed by atoms with E-state index >= 15 is 0 Å². The number of nitrogens with zero attached hydrogens (tertiary/aromatic N) is 1. The fourth-order valence-electron chi connectivity index (χ4n) is 1.88. The van der Waals surface area contributed by atoms with Crippen LogP contribution in [0.15, 0.2) is 28.8 Å². The molecule has 0 fully saturated rings. The minimum Gasteiger partial charge on any atom is -0.497 e. The van der Waals surface area contributed by atoms with Crippen LogP contribution >= 0.6 is 0 Å². The lowest BCUT2D eigenvalue weighted by atomic mass is 10.2. The van der Waals surface area contributed by atoms with Gasteiger partial charge in [0.05, 0.1) is 14.2 Å². The van der Waals surface area contributed by atoms with Gasteiger partial charge in [-0.05, 0) is 19.1 Å². The van der Waals surface area contributed by atoms with Gasteiger partial charge in [-0.1, -0.05) is 5.16 Å². The second-order valence-electron chi connectivity index (χ2n) is 4.87. The third-order valence-electron chi connectivity index (χ3n) is 3.06. The lowest BCUT2D eigenvalue weighted by molar-refractivity contribution is -0.143. The van der Waals surface area contributed by atoms with E-state index in [9.17, 15) is 9.59 Å². The minimum absolute atomic E-state index is 0.0149. The van der Waals surface area contributed by atoms with E-state index < -0.39 is 11.9 Å². The predicted octanol–water partition coefficient (Wildman–Crippen LogP) is 1.47. The van der Waals surface area contributed by atoms with E-state index in [-0.39, 0.29) is 13.2 Å². The van der Waals surface area contributed by atoms with Gasteiger partial charge in [-0.3, -0.25) is 9.59 Å². The van der Waals surface area contributed by atoms with Gasteiger partial charge in [0.2, 0.25) is 0 Å². The summed E-state index contributed by atoms with van der Waals surface area (Å²) in [4.78, 5) is 23.8. The monoisotopic (exact) mass is 334 g/mol. The first kappa shape index (κ1) is 17.3. The largest absolute Gasteiger partial charge is 0.497 e. The van der Waals surface area contributed by atoms with Crippen molar-refractivity contribution in [2.75, 3.05) is 20.8 Å². The smallest absolute Gasteiger partial charge is 0.325 e. The Bertz CT molecular complexity index is 703. The fourth-order valence-corrected chi connectivity index (χ4v) is 1.88. The summed E-state index contributed by atoms with van der Waals surface area (Å²) >= 11 is 0. The molecule has 0 aliphatic heterocycles. The highest BCUT2D eigenvalue weighted by molar-refractivity contribution is 5.96. The Morgan fingerprint density at radius 2 is 1.79 bits per heavy atom. The van der Waals surface area contributed by atoms with Crippen LogP contribution in [-0.4, -0.2) is 37.8 Å². The Labute approximate surface area is 138 Å². The number of methoxy groups -OCH3 is 2. The second-order valence-corrected chi connectivity index (χ2v) is 4.87. The Morgan fingerprint density at radius 3 is 2.33 bits per heavy atom. The Morgan fingerprint density at radius 1 is 1.12 bits per heavy atom. The molecule has 1 amide bonds. The van der Waals surface area contributed by atoms with Gasteiger partial charge in [-0.15, -0.1) is 0 Å². The molecule has 8 nitrogen and oxygen atoms in total. The van der Waals surface area contributed by atoms with Crippen LogP contribution in [0.4, 0.5) is 0 Å². The molecule has 0 spiro atoms. The molecular formula is C16H18N2O6. The third-order valence-corrected chi connectivity index (χ3v) is 3.06. The van der Waals surface area contributed by atoms with Crippen molar-refractivity contribution in [3.8, 4) is 11.5 Å².